The summed E-state index contributed by atoms with van der Waals surface area (Å²) in [6.45, 7) is 1.23. The fourth-order valence-corrected chi connectivity index (χ4v) is 4.23. The molecule has 3 amide bonds. The van der Waals surface area contributed by atoms with Gasteiger partial charge in [-0.3, -0.25) is 4.79 Å². The third-order valence-electron chi connectivity index (χ3n) is 6.95. The molecule has 0 bridgehead atoms. The molecule has 1 spiro atoms. The van der Waals surface area contributed by atoms with E-state index >= 15 is 0 Å². The minimum absolute atomic E-state index is 0.123. The second-order valence-corrected chi connectivity index (χ2v) is 9.28. The summed E-state index contributed by atoms with van der Waals surface area (Å²) in [5, 5.41) is 14.6. The molecule has 1 aromatic carbocycles. The first kappa shape index (κ1) is 21.5. The van der Waals surface area contributed by atoms with Crippen molar-refractivity contribution in [3.05, 3.63) is 35.9 Å². The molecule has 3 fully saturated rings. The van der Waals surface area contributed by atoms with Crippen molar-refractivity contribution in [3.8, 4) is 6.07 Å². The third-order valence-corrected chi connectivity index (χ3v) is 6.95. The Labute approximate surface area is 181 Å². The van der Waals surface area contributed by atoms with Crippen molar-refractivity contribution in [2.75, 3.05) is 13.1 Å². The molecule has 31 heavy (non-hydrogen) atoms. The second-order valence-electron chi connectivity index (χ2n) is 9.28. The number of nitriles is 1. The Morgan fingerprint density at radius 2 is 1.74 bits per heavy atom. The highest BCUT2D eigenvalue weighted by Crippen LogP contribution is 2.53. The number of nitrogens with zero attached hydrogens (tertiary/aromatic N) is 2. The summed E-state index contributed by atoms with van der Waals surface area (Å²) in [6, 6.07) is 8.00. The minimum atomic E-state index is -3.12. The van der Waals surface area contributed by atoms with Crippen LogP contribution in [0.4, 0.5) is 13.6 Å². The number of nitrogens with one attached hydrogen (secondary N) is 2. The highest BCUT2D eigenvalue weighted by atomic mass is 19.3. The molecule has 0 aromatic heterocycles. The molecule has 0 radical (unpaired) electrons. The molecule has 1 atom stereocenters. The summed E-state index contributed by atoms with van der Waals surface area (Å²) < 4.78 is 29.3. The van der Waals surface area contributed by atoms with Crippen LogP contribution >= 0.6 is 0 Å². The molecular weight excluding hydrogens is 402 g/mol. The van der Waals surface area contributed by atoms with Gasteiger partial charge in [-0.2, -0.15) is 5.26 Å². The number of hydrogen-bond donors (Lipinski definition) is 2. The number of amides is 3. The Hall–Kier alpha value is -2.69. The first-order valence-electron chi connectivity index (χ1n) is 11.0. The van der Waals surface area contributed by atoms with Gasteiger partial charge in [0.05, 0.1) is 6.07 Å². The standard InChI is InChI=1S/C23H28F2N4O2/c24-23(25,17-4-2-1-3-5-17)7-6-18(19(30)28-22(16-26)10-11-22)27-20(31)29-14-12-21(8-9-21)13-15-29/h1-5,18H,6-15H2,(H,27,31)(H,28,30). The van der Waals surface area contributed by atoms with Gasteiger partial charge in [-0.15, -0.1) is 0 Å². The van der Waals surface area contributed by atoms with Crippen molar-refractivity contribution in [1.82, 2.24) is 15.5 Å². The summed E-state index contributed by atoms with van der Waals surface area (Å²) in [7, 11) is 0. The van der Waals surface area contributed by atoms with Crippen LogP contribution in [0.25, 0.3) is 0 Å². The molecule has 2 aliphatic carbocycles. The third kappa shape index (κ3) is 4.97. The van der Waals surface area contributed by atoms with Crippen LogP contribution in [0.2, 0.25) is 0 Å². The van der Waals surface area contributed by atoms with E-state index in [1.54, 1.807) is 23.1 Å². The molecular formula is C23H28F2N4O2. The van der Waals surface area contributed by atoms with E-state index in [4.69, 9.17) is 0 Å². The minimum Gasteiger partial charge on any atom is -0.336 e. The quantitative estimate of drug-likeness (QED) is 0.692. The van der Waals surface area contributed by atoms with Crippen LogP contribution in [0.3, 0.4) is 0 Å². The zero-order chi connectivity index (χ0) is 22.1. The van der Waals surface area contributed by atoms with Crippen LogP contribution in [0.1, 0.15) is 56.9 Å². The maximum Gasteiger partial charge on any atom is 0.318 e. The Bertz CT molecular complexity index is 865. The predicted molar refractivity (Wildman–Crippen MR) is 110 cm³/mol. The number of hydrogen-bond acceptors (Lipinski definition) is 3. The SMILES string of the molecule is N#CC1(NC(=O)C(CCC(F)(F)c2ccccc2)NC(=O)N2CCC3(CC2)CC3)CC1. The van der Waals surface area contributed by atoms with E-state index in [1.807, 2.05) is 0 Å². The van der Waals surface area contributed by atoms with E-state index in [1.165, 1.54) is 25.0 Å². The van der Waals surface area contributed by atoms with Gasteiger partial charge in [0.2, 0.25) is 5.91 Å². The van der Waals surface area contributed by atoms with Gasteiger partial charge < -0.3 is 15.5 Å². The van der Waals surface area contributed by atoms with Crippen LogP contribution in [0.5, 0.6) is 0 Å². The van der Waals surface area contributed by atoms with Gasteiger partial charge >= 0.3 is 6.03 Å². The number of carbonyl (C=O) groups is 2. The Balaban J connectivity index is 1.40. The van der Waals surface area contributed by atoms with E-state index in [2.05, 4.69) is 16.7 Å². The largest absolute Gasteiger partial charge is 0.336 e. The molecule has 6 nitrogen and oxygen atoms in total. The number of alkyl halides is 2. The Morgan fingerprint density at radius 1 is 1.10 bits per heavy atom. The summed E-state index contributed by atoms with van der Waals surface area (Å²) in [4.78, 5) is 27.2. The van der Waals surface area contributed by atoms with Crippen LogP contribution < -0.4 is 10.6 Å². The molecule has 2 N–H and O–H groups in total. The molecule has 1 unspecified atom stereocenters. The number of likely N-dealkylation sites (tertiary alicyclic amines) is 1. The van der Waals surface area contributed by atoms with Gasteiger partial charge in [0.15, 0.2) is 0 Å². The van der Waals surface area contributed by atoms with Crippen molar-refractivity contribution < 1.29 is 18.4 Å². The molecule has 1 aromatic rings. The van der Waals surface area contributed by atoms with Crippen LogP contribution in [-0.4, -0.2) is 41.5 Å². The smallest absolute Gasteiger partial charge is 0.318 e. The lowest BCUT2D eigenvalue weighted by atomic mass is 9.94. The maximum absolute atomic E-state index is 14.7. The molecule has 8 heteroatoms. The number of carbonyl (C=O) groups excluding carboxylic acids is 2. The van der Waals surface area contributed by atoms with Gasteiger partial charge in [-0.1, -0.05) is 30.3 Å². The van der Waals surface area contributed by atoms with Crippen LogP contribution in [0.15, 0.2) is 30.3 Å². The van der Waals surface area contributed by atoms with E-state index in [-0.39, 0.29) is 12.0 Å². The summed E-state index contributed by atoms with van der Waals surface area (Å²) in [6.07, 6.45) is 4.56. The highest BCUT2D eigenvalue weighted by Gasteiger charge is 2.47. The van der Waals surface area contributed by atoms with Crippen molar-refractivity contribution in [2.45, 2.75) is 68.9 Å². The Kier molecular flexibility index (Phi) is 5.63. The van der Waals surface area contributed by atoms with Crippen molar-refractivity contribution >= 4 is 11.9 Å². The van der Waals surface area contributed by atoms with Gasteiger partial charge in [0.25, 0.3) is 5.92 Å². The zero-order valence-electron chi connectivity index (χ0n) is 17.5. The summed E-state index contributed by atoms with van der Waals surface area (Å²) in [5.41, 5.74) is -0.649. The second kappa shape index (κ2) is 8.10. The van der Waals surface area contributed by atoms with Crippen molar-refractivity contribution in [3.63, 3.8) is 0 Å². The number of rotatable bonds is 7. The van der Waals surface area contributed by atoms with E-state index < -0.39 is 35.9 Å². The topological polar surface area (TPSA) is 85.2 Å². The number of halogens is 2. The first-order chi connectivity index (χ1) is 14.8. The van der Waals surface area contributed by atoms with E-state index in [0.717, 1.165) is 12.8 Å². The monoisotopic (exact) mass is 430 g/mol. The van der Waals surface area contributed by atoms with Gasteiger partial charge in [-0.25, -0.2) is 13.6 Å². The first-order valence-corrected chi connectivity index (χ1v) is 11.0. The molecule has 166 valence electrons. The number of benzene rings is 1. The fourth-order valence-electron chi connectivity index (χ4n) is 4.23. The van der Waals surface area contributed by atoms with E-state index in [0.29, 0.717) is 31.3 Å². The van der Waals surface area contributed by atoms with Gasteiger partial charge in [0.1, 0.15) is 11.6 Å². The Morgan fingerprint density at radius 3 is 2.29 bits per heavy atom. The van der Waals surface area contributed by atoms with Crippen LogP contribution in [0, 0.1) is 16.7 Å². The average Bonchev–Trinajstić information content (AvgIpc) is 3.70. The maximum atomic E-state index is 14.7. The van der Waals surface area contributed by atoms with E-state index in [9.17, 15) is 23.6 Å². The predicted octanol–water partition coefficient (Wildman–Crippen LogP) is 3.69. The normalized spacial score (nSPS) is 21.6. The van der Waals surface area contributed by atoms with Crippen molar-refractivity contribution in [1.29, 1.82) is 5.26 Å². The fraction of sp³-hybridized carbons (Fsp3) is 0.609. The average molecular weight is 430 g/mol. The molecule has 3 aliphatic rings. The van der Waals surface area contributed by atoms with Crippen LogP contribution in [-0.2, 0) is 10.7 Å². The number of urea groups is 1. The lowest BCUT2D eigenvalue weighted by Gasteiger charge is -2.33. The molecule has 1 saturated heterocycles. The summed E-state index contributed by atoms with van der Waals surface area (Å²) >= 11 is 0. The molecule has 1 heterocycles. The molecule has 4 rings (SSSR count). The van der Waals surface area contributed by atoms with Crippen molar-refractivity contribution in [2.24, 2.45) is 5.41 Å². The summed E-state index contributed by atoms with van der Waals surface area (Å²) in [5.74, 6) is -3.70. The zero-order valence-corrected chi connectivity index (χ0v) is 17.5. The molecule has 1 aliphatic heterocycles. The lowest BCUT2D eigenvalue weighted by molar-refractivity contribution is -0.124. The highest BCUT2D eigenvalue weighted by molar-refractivity contribution is 5.88. The lowest BCUT2D eigenvalue weighted by Crippen LogP contribution is -2.54. The molecule has 2 saturated carbocycles. The van der Waals surface area contributed by atoms with Gasteiger partial charge in [0, 0.05) is 25.1 Å². The number of piperidine rings is 1. The van der Waals surface area contributed by atoms with Gasteiger partial charge in [-0.05, 0) is 50.4 Å².